The second kappa shape index (κ2) is 4.42. The van der Waals surface area contributed by atoms with Crippen LogP contribution in [0.3, 0.4) is 0 Å². The van der Waals surface area contributed by atoms with Crippen LogP contribution in [0.4, 0.5) is 0 Å². The molecule has 0 N–H and O–H groups in total. The fraction of sp³-hybridized carbons (Fsp3) is 0. The molecule has 0 fully saturated rings. The molecule has 16 heavy (non-hydrogen) atoms. The van der Waals surface area contributed by atoms with Gasteiger partial charge in [0.2, 0.25) is 0 Å². The molecule has 3 aromatic rings. The summed E-state index contributed by atoms with van der Waals surface area (Å²) in [4.78, 5) is 0. The summed E-state index contributed by atoms with van der Waals surface area (Å²) in [5.74, 6) is 0. The van der Waals surface area contributed by atoms with Crippen LogP contribution in [0.2, 0.25) is 0 Å². The minimum atomic E-state index is 0.449. The summed E-state index contributed by atoms with van der Waals surface area (Å²) in [6.45, 7) is 0. The Kier molecular flexibility index (Phi) is 2.79. The van der Waals surface area contributed by atoms with Crippen LogP contribution in [0, 0.1) is 0 Å². The molecule has 0 aliphatic carbocycles. The SMILES string of the molecule is c1ccc([Se]c2cc3ccccc3s2)cc1. The third kappa shape index (κ3) is 2.05. The van der Waals surface area contributed by atoms with Gasteiger partial charge in [-0.3, -0.25) is 0 Å². The van der Waals surface area contributed by atoms with Gasteiger partial charge in [0.15, 0.2) is 0 Å². The summed E-state index contributed by atoms with van der Waals surface area (Å²) >= 11 is 2.37. The zero-order chi connectivity index (χ0) is 10.8. The van der Waals surface area contributed by atoms with Gasteiger partial charge in [0.05, 0.1) is 0 Å². The first-order chi connectivity index (χ1) is 7.92. The third-order valence-electron chi connectivity index (χ3n) is 2.36. The van der Waals surface area contributed by atoms with E-state index in [1.54, 1.807) is 0 Å². The molecule has 3 rings (SSSR count). The number of thiophene rings is 1. The Labute approximate surface area is 105 Å². The molecule has 0 amide bonds. The molecular formula is C14H10SSe. The number of hydrogen-bond donors (Lipinski definition) is 0. The topological polar surface area (TPSA) is 0 Å². The van der Waals surface area contributed by atoms with Gasteiger partial charge in [0.25, 0.3) is 0 Å². The predicted molar refractivity (Wildman–Crippen MR) is 73.3 cm³/mol. The van der Waals surface area contributed by atoms with E-state index in [2.05, 4.69) is 60.7 Å². The van der Waals surface area contributed by atoms with Gasteiger partial charge in [0.1, 0.15) is 0 Å². The number of hydrogen-bond acceptors (Lipinski definition) is 1. The van der Waals surface area contributed by atoms with E-state index in [0.29, 0.717) is 15.0 Å². The summed E-state index contributed by atoms with van der Waals surface area (Å²) in [6.07, 6.45) is 0. The number of benzene rings is 2. The zero-order valence-corrected chi connectivity index (χ0v) is 11.1. The molecule has 0 spiro atoms. The second-order valence-corrected chi connectivity index (χ2v) is 7.53. The summed E-state index contributed by atoms with van der Waals surface area (Å²) in [5.41, 5.74) is 0. The summed E-state index contributed by atoms with van der Waals surface area (Å²) in [5, 5.41) is 1.38. The van der Waals surface area contributed by atoms with Crippen molar-refractivity contribution in [2.24, 2.45) is 0 Å². The van der Waals surface area contributed by atoms with E-state index < -0.39 is 0 Å². The molecule has 2 heteroatoms. The Morgan fingerprint density at radius 2 is 1.56 bits per heavy atom. The first-order valence-electron chi connectivity index (χ1n) is 5.13. The fourth-order valence-corrected chi connectivity index (χ4v) is 5.27. The van der Waals surface area contributed by atoms with Crippen LogP contribution < -0.4 is 8.24 Å². The van der Waals surface area contributed by atoms with Gasteiger partial charge in [-0.1, -0.05) is 0 Å². The van der Waals surface area contributed by atoms with Gasteiger partial charge in [-0.25, -0.2) is 0 Å². The van der Waals surface area contributed by atoms with Crippen molar-refractivity contribution in [2.75, 3.05) is 0 Å². The standard InChI is InChI=1S/C14H10SSe/c1-2-7-12(8-3-1)16-14-10-11-6-4-5-9-13(11)15-14/h1-10H. The van der Waals surface area contributed by atoms with Crippen LogP contribution in [-0.2, 0) is 0 Å². The van der Waals surface area contributed by atoms with Crippen molar-refractivity contribution >= 4 is 44.6 Å². The Morgan fingerprint density at radius 3 is 2.38 bits per heavy atom. The number of fused-ring (bicyclic) bond motifs is 1. The molecule has 0 atom stereocenters. The summed E-state index contributed by atoms with van der Waals surface area (Å²) in [7, 11) is 0. The molecule has 0 radical (unpaired) electrons. The van der Waals surface area contributed by atoms with Crippen molar-refractivity contribution in [3.8, 4) is 0 Å². The van der Waals surface area contributed by atoms with Crippen LogP contribution in [0.5, 0.6) is 0 Å². The Bertz CT molecular complexity index is 565. The van der Waals surface area contributed by atoms with E-state index >= 15 is 0 Å². The van der Waals surface area contributed by atoms with Gasteiger partial charge in [-0.2, -0.15) is 0 Å². The van der Waals surface area contributed by atoms with Crippen LogP contribution in [-0.4, -0.2) is 15.0 Å². The van der Waals surface area contributed by atoms with E-state index in [1.807, 2.05) is 11.3 Å². The van der Waals surface area contributed by atoms with Crippen molar-refractivity contribution in [2.45, 2.75) is 0 Å². The molecule has 0 saturated carbocycles. The van der Waals surface area contributed by atoms with Gasteiger partial charge in [-0.05, 0) is 0 Å². The zero-order valence-electron chi connectivity index (χ0n) is 8.59. The molecule has 0 saturated heterocycles. The average Bonchev–Trinajstić information content (AvgIpc) is 2.72. The van der Waals surface area contributed by atoms with Crippen LogP contribution in [0.25, 0.3) is 10.1 Å². The van der Waals surface area contributed by atoms with Gasteiger partial charge in [0, 0.05) is 0 Å². The molecule has 0 nitrogen and oxygen atoms in total. The fourth-order valence-electron chi connectivity index (χ4n) is 1.61. The predicted octanol–water partition coefficient (Wildman–Crippen LogP) is 2.56. The van der Waals surface area contributed by atoms with E-state index in [4.69, 9.17) is 0 Å². The monoisotopic (exact) mass is 290 g/mol. The van der Waals surface area contributed by atoms with Crippen molar-refractivity contribution in [3.63, 3.8) is 0 Å². The van der Waals surface area contributed by atoms with Crippen molar-refractivity contribution in [1.82, 2.24) is 0 Å². The molecule has 2 aromatic carbocycles. The van der Waals surface area contributed by atoms with Gasteiger partial charge >= 0.3 is 105 Å². The van der Waals surface area contributed by atoms with Crippen molar-refractivity contribution < 1.29 is 0 Å². The van der Waals surface area contributed by atoms with Crippen molar-refractivity contribution in [1.29, 1.82) is 0 Å². The molecule has 1 aromatic heterocycles. The quantitative estimate of drug-likeness (QED) is 0.636. The van der Waals surface area contributed by atoms with E-state index in [-0.39, 0.29) is 0 Å². The molecule has 0 unspecified atom stereocenters. The number of rotatable bonds is 2. The molecule has 0 bridgehead atoms. The van der Waals surface area contributed by atoms with E-state index in [9.17, 15) is 0 Å². The first-order valence-corrected chi connectivity index (χ1v) is 7.66. The van der Waals surface area contributed by atoms with E-state index in [0.717, 1.165) is 0 Å². The normalized spacial score (nSPS) is 10.8. The van der Waals surface area contributed by atoms with Gasteiger partial charge in [-0.15, -0.1) is 0 Å². The molecule has 78 valence electrons. The maximum atomic E-state index is 2.33. The van der Waals surface area contributed by atoms with E-state index in [1.165, 1.54) is 18.3 Å². The van der Waals surface area contributed by atoms with Crippen LogP contribution >= 0.6 is 11.3 Å². The second-order valence-electron chi connectivity index (χ2n) is 3.52. The summed E-state index contributed by atoms with van der Waals surface area (Å²) in [6, 6.07) is 21.7. The Morgan fingerprint density at radius 1 is 0.812 bits per heavy atom. The Hall–Kier alpha value is -1.08. The Balaban J connectivity index is 1.95. The van der Waals surface area contributed by atoms with Gasteiger partial charge < -0.3 is 0 Å². The minimum absolute atomic E-state index is 0.449. The molecule has 1 heterocycles. The molecular weight excluding hydrogens is 279 g/mol. The molecule has 0 aliphatic heterocycles. The summed E-state index contributed by atoms with van der Waals surface area (Å²) < 4.78 is 4.34. The average molecular weight is 289 g/mol. The third-order valence-corrected chi connectivity index (χ3v) is 5.97. The van der Waals surface area contributed by atoms with Crippen LogP contribution in [0.15, 0.2) is 60.7 Å². The van der Waals surface area contributed by atoms with Crippen LogP contribution in [0.1, 0.15) is 0 Å². The maximum absolute atomic E-state index is 2.33. The first kappa shape index (κ1) is 10.1. The van der Waals surface area contributed by atoms with Crippen molar-refractivity contribution in [3.05, 3.63) is 60.7 Å². The molecule has 0 aliphatic rings.